The van der Waals surface area contributed by atoms with Crippen molar-refractivity contribution >= 4 is 23.2 Å². The normalized spacial score (nSPS) is 27.2. The minimum Gasteiger partial charge on any atom is -0.346 e. The molecular weight excluding hydrogens is 219 g/mol. The molecule has 0 amide bonds. The summed E-state index contributed by atoms with van der Waals surface area (Å²) in [4.78, 5) is 0. The average Bonchev–Trinajstić information content (AvgIpc) is 2.56. The summed E-state index contributed by atoms with van der Waals surface area (Å²) < 4.78 is 18.9. The molecule has 0 N–H and O–H groups in total. The molecule has 6 heteroatoms. The van der Waals surface area contributed by atoms with E-state index in [1.54, 1.807) is 0 Å². The van der Waals surface area contributed by atoms with Crippen LogP contribution in [0.2, 0.25) is 0 Å². The zero-order valence-corrected chi connectivity index (χ0v) is 9.40. The fraction of sp³-hybridized carbons (Fsp3) is 1.00. The number of ether oxygens (including phenoxy) is 4. The predicted octanol–water partition coefficient (Wildman–Crippen LogP) is 1.15. The molecule has 13 heavy (non-hydrogen) atoms. The molecule has 0 radical (unpaired) electrons. The van der Waals surface area contributed by atoms with E-state index in [-0.39, 0.29) is 0 Å². The molecule has 0 aromatic rings. The molecule has 1 saturated carbocycles. The predicted molar refractivity (Wildman–Crippen MR) is 47.9 cm³/mol. The van der Waals surface area contributed by atoms with Crippen LogP contribution in [-0.4, -0.2) is 44.3 Å². The minimum absolute atomic E-state index is 1.27. The summed E-state index contributed by atoms with van der Waals surface area (Å²) in [6, 6.07) is 0. The van der Waals surface area contributed by atoms with Gasteiger partial charge in [-0.2, -0.15) is 0 Å². The Labute approximate surface area is 87.0 Å². The van der Waals surface area contributed by atoms with Gasteiger partial charge in [-0.25, -0.2) is 0 Å². The van der Waals surface area contributed by atoms with Crippen LogP contribution in [0.25, 0.3) is 0 Å². The first kappa shape index (κ1) is 11.5. The summed E-state index contributed by atoms with van der Waals surface area (Å²) in [5, 5.41) is 0. The van der Waals surface area contributed by atoms with Crippen molar-refractivity contribution in [3.05, 3.63) is 0 Å². The van der Waals surface area contributed by atoms with Gasteiger partial charge in [0.2, 0.25) is 4.33 Å². The van der Waals surface area contributed by atoms with Crippen LogP contribution in [0.5, 0.6) is 0 Å². The molecule has 0 aromatic heterocycles. The first-order valence-corrected chi connectivity index (χ1v) is 4.33. The standard InChI is InChI=1S/C7H12Cl2O4/c1-10-6(11-2)5(8,9)7(6,12-3)13-4/h1-4H3. The molecule has 0 aliphatic heterocycles. The van der Waals surface area contributed by atoms with Gasteiger partial charge in [0, 0.05) is 28.4 Å². The minimum atomic E-state index is -1.37. The molecule has 0 bridgehead atoms. The van der Waals surface area contributed by atoms with E-state index >= 15 is 0 Å². The highest BCUT2D eigenvalue weighted by Crippen LogP contribution is 2.69. The van der Waals surface area contributed by atoms with Gasteiger partial charge in [-0.1, -0.05) is 23.2 Å². The molecule has 0 atom stereocenters. The Hall–Kier alpha value is 0.420. The van der Waals surface area contributed by atoms with Crippen LogP contribution in [0.1, 0.15) is 0 Å². The maximum atomic E-state index is 5.95. The van der Waals surface area contributed by atoms with Crippen molar-refractivity contribution in [2.24, 2.45) is 0 Å². The fourth-order valence-corrected chi connectivity index (χ4v) is 2.62. The number of methoxy groups -OCH3 is 4. The van der Waals surface area contributed by atoms with E-state index < -0.39 is 15.9 Å². The van der Waals surface area contributed by atoms with Crippen molar-refractivity contribution in [2.45, 2.75) is 15.9 Å². The Morgan fingerprint density at radius 1 is 0.692 bits per heavy atom. The first-order chi connectivity index (χ1) is 5.99. The number of hydrogen-bond donors (Lipinski definition) is 0. The Kier molecular flexibility index (Phi) is 2.85. The fourth-order valence-electron chi connectivity index (χ4n) is 1.60. The van der Waals surface area contributed by atoms with Crippen LogP contribution in [0.4, 0.5) is 0 Å². The van der Waals surface area contributed by atoms with Crippen LogP contribution >= 0.6 is 23.2 Å². The molecule has 0 unspecified atom stereocenters. The lowest BCUT2D eigenvalue weighted by molar-refractivity contribution is -0.254. The third-order valence-electron chi connectivity index (χ3n) is 2.35. The summed E-state index contributed by atoms with van der Waals surface area (Å²) in [5.74, 6) is -2.54. The Balaban J connectivity index is 3.03. The van der Waals surface area contributed by atoms with Crippen molar-refractivity contribution in [1.29, 1.82) is 0 Å². The monoisotopic (exact) mass is 230 g/mol. The summed E-state index contributed by atoms with van der Waals surface area (Å²) in [6.45, 7) is 0. The maximum absolute atomic E-state index is 5.95. The SMILES string of the molecule is COC1(OC)C(Cl)(Cl)C1(OC)OC. The van der Waals surface area contributed by atoms with Crippen molar-refractivity contribution in [1.82, 2.24) is 0 Å². The van der Waals surface area contributed by atoms with E-state index in [9.17, 15) is 0 Å². The highest BCUT2D eigenvalue weighted by atomic mass is 35.5. The molecule has 1 aliphatic carbocycles. The van der Waals surface area contributed by atoms with E-state index in [0.717, 1.165) is 0 Å². The Morgan fingerprint density at radius 3 is 1.00 bits per heavy atom. The van der Waals surface area contributed by atoms with E-state index in [1.165, 1.54) is 28.4 Å². The third-order valence-corrected chi connectivity index (χ3v) is 3.34. The average molecular weight is 231 g/mol. The Morgan fingerprint density at radius 2 is 0.923 bits per heavy atom. The molecule has 1 aliphatic rings. The highest BCUT2D eigenvalue weighted by molar-refractivity contribution is 6.53. The molecule has 0 aromatic carbocycles. The molecule has 0 heterocycles. The van der Waals surface area contributed by atoms with Crippen LogP contribution in [0, 0.1) is 0 Å². The largest absolute Gasteiger partial charge is 0.346 e. The van der Waals surface area contributed by atoms with Gasteiger partial charge in [0.1, 0.15) is 0 Å². The van der Waals surface area contributed by atoms with Crippen LogP contribution in [0.3, 0.4) is 0 Å². The summed E-state index contributed by atoms with van der Waals surface area (Å²) in [6.07, 6.45) is 0. The van der Waals surface area contributed by atoms with E-state index in [1.807, 2.05) is 0 Å². The van der Waals surface area contributed by atoms with Crippen LogP contribution in [-0.2, 0) is 18.9 Å². The second kappa shape index (κ2) is 3.22. The van der Waals surface area contributed by atoms with Gasteiger partial charge < -0.3 is 18.9 Å². The number of rotatable bonds is 4. The lowest BCUT2D eigenvalue weighted by Gasteiger charge is -2.18. The third kappa shape index (κ3) is 0.963. The molecule has 78 valence electrons. The number of hydrogen-bond acceptors (Lipinski definition) is 4. The zero-order valence-electron chi connectivity index (χ0n) is 7.89. The van der Waals surface area contributed by atoms with Gasteiger partial charge in [0.25, 0.3) is 11.6 Å². The van der Waals surface area contributed by atoms with Gasteiger partial charge in [-0.05, 0) is 0 Å². The van der Waals surface area contributed by atoms with Crippen molar-refractivity contribution in [3.8, 4) is 0 Å². The number of halogens is 2. The topological polar surface area (TPSA) is 36.9 Å². The van der Waals surface area contributed by atoms with E-state index in [2.05, 4.69) is 0 Å². The van der Waals surface area contributed by atoms with Crippen LogP contribution < -0.4 is 0 Å². The molecule has 4 nitrogen and oxygen atoms in total. The van der Waals surface area contributed by atoms with Crippen molar-refractivity contribution < 1.29 is 18.9 Å². The van der Waals surface area contributed by atoms with Crippen molar-refractivity contribution in [2.75, 3.05) is 28.4 Å². The molecular formula is C7H12Cl2O4. The highest BCUT2D eigenvalue weighted by Gasteiger charge is 2.94. The summed E-state index contributed by atoms with van der Waals surface area (Å²) in [7, 11) is 5.68. The second-order valence-electron chi connectivity index (χ2n) is 2.62. The van der Waals surface area contributed by atoms with Gasteiger partial charge >= 0.3 is 0 Å². The zero-order chi connectivity index (χ0) is 10.3. The van der Waals surface area contributed by atoms with E-state index in [4.69, 9.17) is 42.1 Å². The van der Waals surface area contributed by atoms with Crippen LogP contribution in [0.15, 0.2) is 0 Å². The van der Waals surface area contributed by atoms with Gasteiger partial charge in [-0.15, -0.1) is 0 Å². The summed E-state index contributed by atoms with van der Waals surface area (Å²) >= 11 is 11.9. The lowest BCUT2D eigenvalue weighted by atomic mass is 10.6. The maximum Gasteiger partial charge on any atom is 0.266 e. The van der Waals surface area contributed by atoms with Gasteiger partial charge in [0.05, 0.1) is 0 Å². The molecule has 0 saturated heterocycles. The first-order valence-electron chi connectivity index (χ1n) is 3.58. The lowest BCUT2D eigenvalue weighted by Crippen LogP contribution is -2.32. The quantitative estimate of drug-likeness (QED) is 0.537. The second-order valence-corrected chi connectivity index (χ2v) is 3.95. The molecule has 0 spiro atoms. The van der Waals surface area contributed by atoms with E-state index in [0.29, 0.717) is 0 Å². The smallest absolute Gasteiger partial charge is 0.266 e. The van der Waals surface area contributed by atoms with Gasteiger partial charge in [0.15, 0.2) is 0 Å². The summed E-state index contributed by atoms with van der Waals surface area (Å²) in [5.41, 5.74) is 0. The van der Waals surface area contributed by atoms with Crippen molar-refractivity contribution in [3.63, 3.8) is 0 Å². The number of alkyl halides is 2. The van der Waals surface area contributed by atoms with Gasteiger partial charge in [-0.3, -0.25) is 0 Å². The molecule has 1 fully saturated rings. The Bertz CT molecular complexity index is 179. The molecule has 1 rings (SSSR count).